The molecule has 0 unspecified atom stereocenters. The zero-order valence-electron chi connectivity index (χ0n) is 14.6. The first kappa shape index (κ1) is 16.4. The molecule has 3 aromatic rings. The third-order valence-electron chi connectivity index (χ3n) is 4.77. The highest BCUT2D eigenvalue weighted by molar-refractivity contribution is 7.99. The standard InChI is InChI=1S/C21H18N2O3S/c24-18(15-6-9-19-20(10-15)26-13-25-19)12-27-21-22-11-17(23(21)16-7-8-16)14-4-2-1-3-5-14/h1-6,9-11,16H,7-8,12-13H2. The van der Waals surface area contributed by atoms with Gasteiger partial charge in [0.1, 0.15) is 0 Å². The van der Waals surface area contributed by atoms with Crippen LogP contribution in [0.25, 0.3) is 11.3 Å². The maximum atomic E-state index is 12.6. The van der Waals surface area contributed by atoms with Gasteiger partial charge in [0.05, 0.1) is 17.6 Å². The molecule has 1 aliphatic carbocycles. The van der Waals surface area contributed by atoms with Crippen LogP contribution in [0.2, 0.25) is 0 Å². The van der Waals surface area contributed by atoms with Gasteiger partial charge >= 0.3 is 0 Å². The Balaban J connectivity index is 1.35. The van der Waals surface area contributed by atoms with E-state index in [9.17, 15) is 4.79 Å². The molecule has 0 radical (unpaired) electrons. The average molecular weight is 378 g/mol. The molecule has 2 aromatic carbocycles. The minimum absolute atomic E-state index is 0.0601. The van der Waals surface area contributed by atoms with Crippen LogP contribution in [0.4, 0.5) is 0 Å². The SMILES string of the molecule is O=C(CSc1ncc(-c2ccccc2)n1C1CC1)c1ccc2c(c1)OCO2. The van der Waals surface area contributed by atoms with Gasteiger partial charge in [0.2, 0.25) is 6.79 Å². The summed E-state index contributed by atoms with van der Waals surface area (Å²) in [6.07, 6.45) is 4.25. The molecule has 1 aliphatic heterocycles. The van der Waals surface area contributed by atoms with Crippen LogP contribution in [0.5, 0.6) is 11.5 Å². The number of hydrogen-bond donors (Lipinski definition) is 0. The number of imidazole rings is 1. The average Bonchev–Trinajstić information content (AvgIpc) is 3.28. The van der Waals surface area contributed by atoms with E-state index in [4.69, 9.17) is 9.47 Å². The molecule has 0 atom stereocenters. The molecule has 27 heavy (non-hydrogen) atoms. The Hall–Kier alpha value is -2.73. The van der Waals surface area contributed by atoms with Crippen molar-refractivity contribution in [3.05, 3.63) is 60.3 Å². The van der Waals surface area contributed by atoms with Gasteiger partial charge in [0.25, 0.3) is 0 Å². The normalized spacial score (nSPS) is 15.1. The Morgan fingerprint density at radius 1 is 1.11 bits per heavy atom. The van der Waals surface area contributed by atoms with Crippen molar-refractivity contribution in [2.45, 2.75) is 24.0 Å². The van der Waals surface area contributed by atoms with E-state index >= 15 is 0 Å². The molecular weight excluding hydrogens is 360 g/mol. The number of rotatable bonds is 6. The van der Waals surface area contributed by atoms with Gasteiger partial charge in [-0.3, -0.25) is 4.79 Å². The van der Waals surface area contributed by atoms with Crippen LogP contribution in [0.1, 0.15) is 29.2 Å². The zero-order valence-corrected chi connectivity index (χ0v) is 15.4. The van der Waals surface area contributed by atoms with Gasteiger partial charge in [-0.15, -0.1) is 0 Å². The van der Waals surface area contributed by atoms with Crippen molar-refractivity contribution in [2.24, 2.45) is 0 Å². The Morgan fingerprint density at radius 3 is 2.74 bits per heavy atom. The van der Waals surface area contributed by atoms with Crippen LogP contribution < -0.4 is 9.47 Å². The Labute approximate surface area is 161 Å². The summed E-state index contributed by atoms with van der Waals surface area (Å²) in [5, 5.41) is 0.908. The fourth-order valence-electron chi connectivity index (χ4n) is 3.24. The van der Waals surface area contributed by atoms with E-state index in [2.05, 4.69) is 21.7 Å². The molecule has 0 bridgehead atoms. The summed E-state index contributed by atoms with van der Waals surface area (Å²) in [5.74, 6) is 1.73. The minimum atomic E-state index is 0.0601. The molecule has 2 heterocycles. The number of thioether (sulfide) groups is 1. The van der Waals surface area contributed by atoms with Gasteiger partial charge in [-0.05, 0) is 36.6 Å². The second-order valence-electron chi connectivity index (χ2n) is 6.67. The monoisotopic (exact) mass is 378 g/mol. The lowest BCUT2D eigenvalue weighted by atomic mass is 10.1. The largest absolute Gasteiger partial charge is 0.454 e. The third kappa shape index (κ3) is 3.21. The summed E-state index contributed by atoms with van der Waals surface area (Å²) < 4.78 is 13.0. The van der Waals surface area contributed by atoms with Crippen LogP contribution >= 0.6 is 11.8 Å². The molecule has 5 nitrogen and oxygen atoms in total. The quantitative estimate of drug-likeness (QED) is 0.464. The summed E-state index contributed by atoms with van der Waals surface area (Å²) in [6.45, 7) is 0.211. The van der Waals surface area contributed by atoms with Crippen LogP contribution in [-0.2, 0) is 0 Å². The summed E-state index contributed by atoms with van der Waals surface area (Å²) in [5.41, 5.74) is 2.92. The number of ether oxygens (including phenoxy) is 2. The Kier molecular flexibility index (Phi) is 4.13. The van der Waals surface area contributed by atoms with E-state index in [1.165, 1.54) is 24.6 Å². The number of Topliss-reactive ketones (excluding diaryl/α,β-unsaturated/α-hetero) is 1. The molecule has 0 saturated heterocycles. The smallest absolute Gasteiger partial charge is 0.231 e. The van der Waals surface area contributed by atoms with Crippen LogP contribution in [0, 0.1) is 0 Å². The first-order valence-corrected chi connectivity index (χ1v) is 9.96. The molecule has 1 aromatic heterocycles. The van der Waals surface area contributed by atoms with Crippen molar-refractivity contribution in [2.75, 3.05) is 12.5 Å². The number of nitrogens with zero attached hydrogens (tertiary/aromatic N) is 2. The molecule has 136 valence electrons. The predicted molar refractivity (Wildman–Crippen MR) is 104 cm³/mol. The number of carbonyl (C=O) groups is 1. The highest BCUT2D eigenvalue weighted by Gasteiger charge is 2.29. The second kappa shape index (κ2) is 6.78. The highest BCUT2D eigenvalue weighted by atomic mass is 32.2. The molecule has 0 spiro atoms. The van der Waals surface area contributed by atoms with Crippen molar-refractivity contribution in [1.82, 2.24) is 9.55 Å². The zero-order chi connectivity index (χ0) is 18.2. The van der Waals surface area contributed by atoms with Gasteiger partial charge in [-0.25, -0.2) is 4.98 Å². The lowest BCUT2D eigenvalue weighted by Gasteiger charge is -2.10. The fourth-order valence-corrected chi connectivity index (χ4v) is 4.18. The molecule has 6 heteroatoms. The van der Waals surface area contributed by atoms with Crippen LogP contribution in [0.15, 0.2) is 59.9 Å². The molecule has 2 aliphatic rings. The molecule has 1 fully saturated rings. The maximum absolute atomic E-state index is 12.6. The number of ketones is 1. The van der Waals surface area contributed by atoms with E-state index in [-0.39, 0.29) is 12.6 Å². The lowest BCUT2D eigenvalue weighted by molar-refractivity contribution is 0.102. The van der Waals surface area contributed by atoms with Crippen molar-refractivity contribution < 1.29 is 14.3 Å². The number of aromatic nitrogens is 2. The maximum Gasteiger partial charge on any atom is 0.231 e. The van der Waals surface area contributed by atoms with E-state index in [1.807, 2.05) is 24.4 Å². The van der Waals surface area contributed by atoms with Crippen molar-refractivity contribution in [3.8, 4) is 22.8 Å². The van der Waals surface area contributed by atoms with Crippen molar-refractivity contribution >= 4 is 17.5 Å². The Morgan fingerprint density at radius 2 is 1.93 bits per heavy atom. The van der Waals surface area contributed by atoms with E-state index < -0.39 is 0 Å². The predicted octanol–water partition coefficient (Wildman–Crippen LogP) is 4.59. The second-order valence-corrected chi connectivity index (χ2v) is 7.62. The lowest BCUT2D eigenvalue weighted by Crippen LogP contribution is -2.05. The van der Waals surface area contributed by atoms with E-state index in [0.717, 1.165) is 16.4 Å². The molecule has 0 amide bonds. The Bertz CT molecular complexity index is 996. The number of benzene rings is 2. The summed E-state index contributed by atoms with van der Waals surface area (Å²) in [7, 11) is 0. The van der Waals surface area contributed by atoms with Crippen molar-refractivity contribution in [1.29, 1.82) is 0 Å². The van der Waals surface area contributed by atoms with Crippen molar-refractivity contribution in [3.63, 3.8) is 0 Å². The van der Waals surface area contributed by atoms with Gasteiger partial charge in [-0.2, -0.15) is 0 Å². The fraction of sp³-hybridized carbons (Fsp3) is 0.238. The third-order valence-corrected chi connectivity index (χ3v) is 5.74. The molecular formula is C21H18N2O3S. The van der Waals surface area contributed by atoms with Gasteiger partial charge < -0.3 is 14.0 Å². The summed E-state index contributed by atoms with van der Waals surface area (Å²) in [4.78, 5) is 17.2. The number of fused-ring (bicyclic) bond motifs is 1. The van der Waals surface area contributed by atoms with E-state index in [1.54, 1.807) is 18.2 Å². The van der Waals surface area contributed by atoms with Crippen LogP contribution in [-0.4, -0.2) is 27.9 Å². The highest BCUT2D eigenvalue weighted by Crippen LogP contribution is 2.42. The first-order chi connectivity index (χ1) is 13.3. The molecule has 0 N–H and O–H groups in total. The van der Waals surface area contributed by atoms with Gasteiger partial charge in [0, 0.05) is 11.6 Å². The minimum Gasteiger partial charge on any atom is -0.454 e. The van der Waals surface area contributed by atoms with Gasteiger partial charge in [0.15, 0.2) is 22.4 Å². The van der Waals surface area contributed by atoms with Crippen LogP contribution in [0.3, 0.4) is 0 Å². The number of hydrogen-bond acceptors (Lipinski definition) is 5. The topological polar surface area (TPSA) is 53.4 Å². The van der Waals surface area contributed by atoms with Gasteiger partial charge in [-0.1, -0.05) is 42.1 Å². The summed E-state index contributed by atoms with van der Waals surface area (Å²) in [6, 6.07) is 16.1. The first-order valence-electron chi connectivity index (χ1n) is 8.98. The molecule has 5 rings (SSSR count). The summed E-state index contributed by atoms with van der Waals surface area (Å²) >= 11 is 1.50. The van der Waals surface area contributed by atoms with E-state index in [0.29, 0.717) is 28.9 Å². The molecule has 1 saturated carbocycles. The number of carbonyl (C=O) groups excluding carboxylic acids is 1.